The van der Waals surface area contributed by atoms with Crippen LogP contribution in [0.4, 0.5) is 10.6 Å². The van der Waals surface area contributed by atoms with Gasteiger partial charge in [0.25, 0.3) is 5.91 Å². The molecule has 1 saturated heterocycles. The third kappa shape index (κ3) is 5.23. The smallest absolute Gasteiger partial charge is 0.410 e. The number of pyridine rings is 1. The number of anilines is 1. The minimum Gasteiger partial charge on any atom is -0.476 e. The van der Waals surface area contributed by atoms with E-state index in [1.807, 2.05) is 39.8 Å². The van der Waals surface area contributed by atoms with Crippen LogP contribution in [-0.2, 0) is 11.2 Å². The van der Waals surface area contributed by atoms with E-state index in [9.17, 15) is 19.5 Å². The molecule has 11 heteroatoms. The van der Waals surface area contributed by atoms with E-state index < -0.39 is 11.6 Å². The van der Waals surface area contributed by atoms with Crippen molar-refractivity contribution in [2.24, 2.45) is 5.41 Å². The summed E-state index contributed by atoms with van der Waals surface area (Å²) in [5.41, 5.74) is 1.58. The Morgan fingerprint density at radius 3 is 2.42 bits per heavy atom. The molecule has 1 aromatic carbocycles. The largest absolute Gasteiger partial charge is 0.476 e. The van der Waals surface area contributed by atoms with E-state index in [2.05, 4.69) is 15.3 Å². The number of carbonyl (C=O) groups is 3. The topological polar surface area (TPSA) is 153 Å². The SMILES string of the molecule is CCc1ccnc(NC(=O)c2ccc(-c3nc(C4CC5(C4)CN(C(=O)OC(C)(C)C)C5)n(N)c3C(=O)O)cc2)c1. The number of amides is 2. The maximum Gasteiger partial charge on any atom is 0.410 e. The number of nitrogens with zero attached hydrogens (tertiary/aromatic N) is 4. The Morgan fingerprint density at radius 1 is 1.15 bits per heavy atom. The molecule has 11 nitrogen and oxygen atoms in total. The van der Waals surface area contributed by atoms with Crippen molar-refractivity contribution < 1.29 is 24.2 Å². The van der Waals surface area contributed by atoms with Crippen LogP contribution in [0.3, 0.4) is 0 Å². The van der Waals surface area contributed by atoms with Gasteiger partial charge in [0.05, 0.1) is 0 Å². The predicted octanol–water partition coefficient (Wildman–Crippen LogP) is 4.29. The van der Waals surface area contributed by atoms with Crippen LogP contribution >= 0.6 is 0 Å². The number of hydrogen-bond donors (Lipinski definition) is 3. The molecule has 4 N–H and O–H groups in total. The highest BCUT2D eigenvalue weighted by Crippen LogP contribution is 2.56. The summed E-state index contributed by atoms with van der Waals surface area (Å²) < 4.78 is 6.61. The van der Waals surface area contributed by atoms with Crippen LogP contribution in [0.5, 0.6) is 0 Å². The Balaban J connectivity index is 1.28. The Morgan fingerprint density at radius 2 is 1.82 bits per heavy atom. The Hall–Kier alpha value is -4.41. The van der Waals surface area contributed by atoms with Gasteiger partial charge in [-0.3, -0.25) is 4.79 Å². The number of benzene rings is 1. The fraction of sp³-hybridized carbons (Fsp3) is 0.414. The molecule has 0 atom stereocenters. The number of ether oxygens (including phenoxy) is 1. The number of rotatable bonds is 6. The maximum atomic E-state index is 12.7. The Bertz CT molecular complexity index is 1460. The molecule has 1 aliphatic heterocycles. The summed E-state index contributed by atoms with van der Waals surface area (Å²) in [6.45, 7) is 8.74. The number of imidazole rings is 1. The lowest BCUT2D eigenvalue weighted by Crippen LogP contribution is -2.64. The highest BCUT2D eigenvalue weighted by Gasteiger charge is 2.56. The molecule has 1 saturated carbocycles. The second kappa shape index (κ2) is 9.96. The molecule has 1 spiro atoms. The van der Waals surface area contributed by atoms with Crippen molar-refractivity contribution in [1.82, 2.24) is 19.5 Å². The molecule has 3 aromatic rings. The molecular formula is C29H34N6O5. The van der Waals surface area contributed by atoms with E-state index >= 15 is 0 Å². The lowest BCUT2D eigenvalue weighted by atomic mass is 9.57. The zero-order chi connectivity index (χ0) is 28.8. The number of likely N-dealkylation sites (tertiary alicyclic amines) is 1. The van der Waals surface area contributed by atoms with E-state index in [-0.39, 0.29) is 34.7 Å². The first-order chi connectivity index (χ1) is 18.9. The highest BCUT2D eigenvalue weighted by atomic mass is 16.6. The maximum absolute atomic E-state index is 12.7. The van der Waals surface area contributed by atoms with Crippen LogP contribution in [0.1, 0.15) is 78.7 Å². The second-order valence-electron chi connectivity index (χ2n) is 11.7. The van der Waals surface area contributed by atoms with Gasteiger partial charge in [0, 0.05) is 41.7 Å². The van der Waals surface area contributed by atoms with Crippen molar-refractivity contribution in [3.8, 4) is 11.3 Å². The quantitative estimate of drug-likeness (QED) is 0.387. The van der Waals surface area contributed by atoms with Gasteiger partial charge in [-0.25, -0.2) is 24.2 Å². The summed E-state index contributed by atoms with van der Waals surface area (Å²) in [6, 6.07) is 10.3. The van der Waals surface area contributed by atoms with Crippen molar-refractivity contribution in [3.05, 3.63) is 65.2 Å². The van der Waals surface area contributed by atoms with Crippen LogP contribution < -0.4 is 11.2 Å². The van der Waals surface area contributed by atoms with Crippen molar-refractivity contribution >= 4 is 23.8 Å². The molecule has 40 heavy (non-hydrogen) atoms. The van der Waals surface area contributed by atoms with E-state index in [1.165, 1.54) is 0 Å². The first-order valence-electron chi connectivity index (χ1n) is 13.3. The number of carbonyl (C=O) groups excluding carboxylic acids is 2. The Labute approximate surface area is 232 Å². The molecule has 2 aromatic heterocycles. The number of carboxylic acid groups (broad SMARTS) is 1. The van der Waals surface area contributed by atoms with E-state index in [0.717, 1.165) is 29.5 Å². The molecule has 5 rings (SSSR count). The lowest BCUT2D eigenvalue weighted by molar-refractivity contribution is -0.0800. The molecule has 2 fully saturated rings. The van der Waals surface area contributed by atoms with Gasteiger partial charge in [-0.1, -0.05) is 19.1 Å². The van der Waals surface area contributed by atoms with Gasteiger partial charge in [-0.15, -0.1) is 0 Å². The predicted molar refractivity (Wildman–Crippen MR) is 149 cm³/mol. The van der Waals surface area contributed by atoms with Crippen molar-refractivity contribution in [2.45, 2.75) is 58.5 Å². The molecular weight excluding hydrogens is 512 g/mol. The third-order valence-electron chi connectivity index (χ3n) is 7.46. The number of hydrogen-bond acceptors (Lipinski definition) is 7. The van der Waals surface area contributed by atoms with Gasteiger partial charge < -0.3 is 25.9 Å². The van der Waals surface area contributed by atoms with Crippen molar-refractivity contribution in [3.63, 3.8) is 0 Å². The molecule has 0 radical (unpaired) electrons. The van der Waals surface area contributed by atoms with Gasteiger partial charge in [-0.05, 0) is 69.9 Å². The average Bonchev–Trinajstić information content (AvgIpc) is 3.18. The zero-order valence-corrected chi connectivity index (χ0v) is 23.1. The van der Waals surface area contributed by atoms with Crippen LogP contribution in [-0.4, -0.2) is 61.3 Å². The zero-order valence-electron chi connectivity index (χ0n) is 23.1. The number of nitrogens with one attached hydrogen (secondary N) is 1. The Kier molecular flexibility index (Phi) is 6.77. The van der Waals surface area contributed by atoms with Gasteiger partial charge in [-0.2, -0.15) is 0 Å². The summed E-state index contributed by atoms with van der Waals surface area (Å²) in [6.07, 6.45) is 3.67. The lowest BCUT2D eigenvalue weighted by Gasteiger charge is -2.58. The summed E-state index contributed by atoms with van der Waals surface area (Å²) in [7, 11) is 0. The van der Waals surface area contributed by atoms with Crippen molar-refractivity contribution in [2.75, 3.05) is 24.2 Å². The first-order valence-corrected chi connectivity index (χ1v) is 13.3. The normalized spacial score (nSPS) is 16.2. The number of aryl methyl sites for hydroxylation is 1. The molecule has 3 heterocycles. The monoisotopic (exact) mass is 546 g/mol. The number of nitrogens with two attached hydrogens (primary N) is 1. The van der Waals surface area contributed by atoms with Gasteiger partial charge in [0.15, 0.2) is 5.69 Å². The number of carboxylic acids is 1. The van der Waals surface area contributed by atoms with Crippen molar-refractivity contribution in [1.29, 1.82) is 0 Å². The fourth-order valence-corrected chi connectivity index (χ4v) is 5.52. The summed E-state index contributed by atoms with van der Waals surface area (Å²) in [4.78, 5) is 47.7. The average molecular weight is 547 g/mol. The van der Waals surface area contributed by atoms with E-state index in [4.69, 9.17) is 10.6 Å². The van der Waals surface area contributed by atoms with Gasteiger partial charge >= 0.3 is 12.1 Å². The van der Waals surface area contributed by atoms with E-state index in [1.54, 1.807) is 35.4 Å². The molecule has 2 amide bonds. The van der Waals surface area contributed by atoms with Gasteiger partial charge in [0.1, 0.15) is 22.9 Å². The molecule has 210 valence electrons. The molecule has 0 bridgehead atoms. The second-order valence-corrected chi connectivity index (χ2v) is 11.7. The first kappa shape index (κ1) is 27.2. The number of aromatic nitrogens is 3. The summed E-state index contributed by atoms with van der Waals surface area (Å²) in [5.74, 6) is 5.69. The van der Waals surface area contributed by atoms with Crippen LogP contribution in [0, 0.1) is 5.41 Å². The molecule has 1 aliphatic carbocycles. The van der Waals surface area contributed by atoms with Crippen LogP contribution in [0.2, 0.25) is 0 Å². The van der Waals surface area contributed by atoms with Crippen LogP contribution in [0.15, 0.2) is 42.6 Å². The van der Waals surface area contributed by atoms with E-state index in [0.29, 0.717) is 35.9 Å². The number of aromatic carboxylic acids is 1. The van der Waals surface area contributed by atoms with Gasteiger partial charge in [0.2, 0.25) is 0 Å². The third-order valence-corrected chi connectivity index (χ3v) is 7.46. The molecule has 0 unspecified atom stereocenters. The standard InChI is InChI=1S/C29H34N6O5/c1-5-17-10-11-31-21(12-17)32-25(36)19-8-6-18(7-9-19)22-23(26(37)38)35(30)24(33-22)20-13-29(14-20)15-34(16-29)27(39)40-28(2,3)4/h6-12,20H,5,13-16,30H2,1-4H3,(H,37,38)(H,31,32,36). The highest BCUT2D eigenvalue weighted by molar-refractivity contribution is 6.04. The summed E-state index contributed by atoms with van der Waals surface area (Å²) in [5, 5.41) is 12.7. The minimum absolute atomic E-state index is 0.0163. The summed E-state index contributed by atoms with van der Waals surface area (Å²) >= 11 is 0. The van der Waals surface area contributed by atoms with Crippen LogP contribution in [0.25, 0.3) is 11.3 Å². The fourth-order valence-electron chi connectivity index (χ4n) is 5.52. The minimum atomic E-state index is -1.19. The molecule has 2 aliphatic rings. The number of nitrogen functional groups attached to an aromatic ring is 1.